The molecule has 0 amide bonds. The molecule has 0 aromatic heterocycles. The molecule has 0 unspecified atom stereocenters. The van der Waals surface area contributed by atoms with Crippen LogP contribution in [0.4, 0.5) is 30.9 Å². The fourth-order valence-corrected chi connectivity index (χ4v) is 4.63. The number of rotatable bonds is 4. The molecule has 3 nitrogen and oxygen atoms in total. The molecule has 0 saturated carbocycles. The number of hydrogen-bond donors (Lipinski definition) is 1. The molecular formula is C24H31F6N2OP. The van der Waals surface area contributed by atoms with E-state index in [1.54, 1.807) is 0 Å². The van der Waals surface area contributed by atoms with Crippen LogP contribution in [0.1, 0.15) is 67.9 Å². The van der Waals surface area contributed by atoms with Crippen molar-refractivity contribution in [3.05, 3.63) is 64.7 Å². The molecule has 2 aromatic carbocycles. The first kappa shape index (κ1) is 26.5. The van der Waals surface area contributed by atoms with E-state index in [2.05, 4.69) is 79.9 Å². The van der Waals surface area contributed by atoms with Crippen LogP contribution in [0.2, 0.25) is 0 Å². The monoisotopic (exact) mass is 508 g/mol. The number of fused-ring (bicyclic) bond motifs is 1. The summed E-state index contributed by atoms with van der Waals surface area (Å²) in [5.74, 6) is 0.977. The summed E-state index contributed by atoms with van der Waals surface area (Å²) >= 11 is 0. The van der Waals surface area contributed by atoms with E-state index in [1.165, 1.54) is 22.4 Å². The summed E-state index contributed by atoms with van der Waals surface area (Å²) in [7, 11) is -10.7. The van der Waals surface area contributed by atoms with Gasteiger partial charge in [0.25, 0.3) is 0 Å². The predicted molar refractivity (Wildman–Crippen MR) is 126 cm³/mol. The summed E-state index contributed by atoms with van der Waals surface area (Å²) in [5.41, 5.74) is 6.58. The Bertz CT molecular complexity index is 1050. The van der Waals surface area contributed by atoms with Crippen molar-refractivity contribution >= 4 is 19.8 Å². The molecule has 1 heterocycles. The van der Waals surface area contributed by atoms with Gasteiger partial charge in [-0.25, -0.2) is 4.90 Å². The Morgan fingerprint density at radius 1 is 0.882 bits per heavy atom. The van der Waals surface area contributed by atoms with Crippen LogP contribution in [0.3, 0.4) is 0 Å². The van der Waals surface area contributed by atoms with E-state index in [9.17, 15) is 30.3 Å². The van der Waals surface area contributed by atoms with Crippen molar-refractivity contribution in [3.63, 3.8) is 0 Å². The van der Waals surface area contributed by atoms with Crippen molar-refractivity contribution in [2.45, 2.75) is 58.1 Å². The predicted octanol–water partition coefficient (Wildman–Crippen LogP) is 7.83. The maximum atomic E-state index is 10.9. The first-order valence-corrected chi connectivity index (χ1v) is 13.3. The van der Waals surface area contributed by atoms with Crippen molar-refractivity contribution in [1.82, 2.24) is 0 Å². The molecule has 0 fully saturated rings. The molecule has 34 heavy (non-hydrogen) atoms. The summed E-state index contributed by atoms with van der Waals surface area (Å²) in [5, 5.41) is 10.9. The van der Waals surface area contributed by atoms with E-state index in [0.29, 0.717) is 11.8 Å². The van der Waals surface area contributed by atoms with Gasteiger partial charge in [0, 0.05) is 17.5 Å². The molecule has 0 bridgehead atoms. The number of anilines is 1. The standard InChI is InChI=1S/C24H31N2O.F6P/c1-16(2)19-10-7-11-20(17(3)4)23(19)26-13-12-25(15-26)22-14-18-8-5-6-9-21(18)24(22)27;1-7(2,3,4,5)6/h5-11,15-17,22,24,27H,12-14H2,1-4H3;/q+1;-1/t22-,24+;/m0./s1. The molecule has 1 N–H and O–H groups in total. The zero-order valence-electron chi connectivity index (χ0n) is 19.6. The van der Waals surface area contributed by atoms with Gasteiger partial charge in [0.2, 0.25) is 6.34 Å². The van der Waals surface area contributed by atoms with Crippen LogP contribution >= 0.6 is 7.81 Å². The van der Waals surface area contributed by atoms with Crippen molar-refractivity contribution in [3.8, 4) is 0 Å². The molecule has 190 valence electrons. The average Bonchev–Trinajstić information content (AvgIpc) is 3.30. The zero-order valence-corrected chi connectivity index (χ0v) is 20.5. The third-order valence-corrected chi connectivity index (χ3v) is 6.11. The molecule has 0 saturated heterocycles. The van der Waals surface area contributed by atoms with Crippen LogP contribution in [0.5, 0.6) is 0 Å². The first-order chi connectivity index (χ1) is 15.4. The van der Waals surface area contributed by atoms with Crippen molar-refractivity contribution in [2.75, 3.05) is 18.0 Å². The van der Waals surface area contributed by atoms with Gasteiger partial charge in [-0.1, -0.05) is 70.2 Å². The van der Waals surface area contributed by atoms with Crippen molar-refractivity contribution < 1.29 is 34.9 Å². The summed E-state index contributed by atoms with van der Waals surface area (Å²) in [6, 6.07) is 15.2. The minimum absolute atomic E-state index is 0.140. The van der Waals surface area contributed by atoms with Crippen LogP contribution in [0.15, 0.2) is 42.5 Å². The fourth-order valence-electron chi connectivity index (χ4n) is 4.63. The van der Waals surface area contributed by atoms with Gasteiger partial charge in [-0.3, -0.25) is 4.58 Å². The van der Waals surface area contributed by atoms with Crippen molar-refractivity contribution in [2.24, 2.45) is 0 Å². The quantitative estimate of drug-likeness (QED) is 0.259. The first-order valence-electron chi connectivity index (χ1n) is 11.2. The Balaban J connectivity index is 0.000000406. The normalized spacial score (nSPS) is 22.1. The van der Waals surface area contributed by atoms with Crippen LogP contribution in [-0.4, -0.2) is 35.2 Å². The number of hydrogen-bond acceptors (Lipinski definition) is 2. The molecule has 4 rings (SSSR count). The van der Waals surface area contributed by atoms with Crippen LogP contribution in [-0.2, 0) is 6.42 Å². The summed E-state index contributed by atoms with van der Waals surface area (Å²) < 4.78 is 61.5. The van der Waals surface area contributed by atoms with Gasteiger partial charge in [0.15, 0.2) is 0 Å². The molecule has 0 radical (unpaired) electrons. The maximum absolute atomic E-state index is 10.9. The van der Waals surface area contributed by atoms with E-state index < -0.39 is 13.9 Å². The number of aliphatic hydroxyl groups is 1. The molecule has 0 spiro atoms. The average molecular weight is 508 g/mol. The Kier molecular flexibility index (Phi) is 6.64. The van der Waals surface area contributed by atoms with Gasteiger partial charge in [0.05, 0.1) is 0 Å². The molecule has 1 aliphatic heterocycles. The molecule has 2 aliphatic rings. The third-order valence-electron chi connectivity index (χ3n) is 6.11. The Hall–Kier alpha value is -2.12. The van der Waals surface area contributed by atoms with Gasteiger partial charge < -0.3 is 5.11 Å². The van der Waals surface area contributed by atoms with E-state index in [1.807, 2.05) is 6.07 Å². The Labute approximate surface area is 196 Å². The Morgan fingerprint density at radius 2 is 1.41 bits per heavy atom. The van der Waals surface area contributed by atoms with E-state index in [4.69, 9.17) is 0 Å². The summed E-state index contributed by atoms with van der Waals surface area (Å²) in [4.78, 5) is 2.42. The number of benzene rings is 2. The van der Waals surface area contributed by atoms with Crippen LogP contribution < -0.4 is 4.90 Å². The molecular weight excluding hydrogens is 477 g/mol. The number of para-hydroxylation sites is 1. The minimum atomic E-state index is -10.7. The topological polar surface area (TPSA) is 26.5 Å². The molecule has 2 atom stereocenters. The molecule has 1 aliphatic carbocycles. The number of nitrogens with zero attached hydrogens (tertiary/aromatic N) is 2. The van der Waals surface area contributed by atoms with Gasteiger partial charge in [-0.15, -0.1) is 0 Å². The summed E-state index contributed by atoms with van der Waals surface area (Å²) in [6.45, 7) is 11.0. The molecule has 10 heteroatoms. The van der Waals surface area contributed by atoms with E-state index >= 15 is 0 Å². The van der Waals surface area contributed by atoms with Crippen LogP contribution in [0, 0.1) is 0 Å². The number of halogens is 6. The zero-order chi connectivity index (χ0) is 25.5. The summed E-state index contributed by atoms with van der Waals surface area (Å²) in [6.07, 6.45) is 2.78. The van der Waals surface area contributed by atoms with Gasteiger partial charge >= 0.3 is 33.0 Å². The van der Waals surface area contributed by atoms with E-state index in [-0.39, 0.29) is 6.04 Å². The second-order valence-electron chi connectivity index (χ2n) is 9.51. The van der Waals surface area contributed by atoms with Crippen LogP contribution in [0.25, 0.3) is 0 Å². The van der Waals surface area contributed by atoms with Gasteiger partial charge in [0.1, 0.15) is 30.9 Å². The van der Waals surface area contributed by atoms with E-state index in [0.717, 1.165) is 25.1 Å². The Morgan fingerprint density at radius 3 is 1.91 bits per heavy atom. The molecule has 2 aromatic rings. The number of aliphatic hydroxyl groups excluding tert-OH is 1. The van der Waals surface area contributed by atoms with Crippen molar-refractivity contribution in [1.29, 1.82) is 0 Å². The second-order valence-corrected chi connectivity index (χ2v) is 11.4. The van der Waals surface area contributed by atoms with Gasteiger partial charge in [-0.2, -0.15) is 0 Å². The SMILES string of the molecule is CC(C)c1cccc(C(C)C)c1N1C=[N+]([C@H]2Cc3ccccc3[C@H]2O)CC1.F[P-](F)(F)(F)(F)F. The second kappa shape index (κ2) is 8.52. The fraction of sp³-hybridized carbons (Fsp3) is 0.458. The third kappa shape index (κ3) is 6.95. The van der Waals surface area contributed by atoms with Gasteiger partial charge in [-0.05, 0) is 23.0 Å².